The van der Waals surface area contributed by atoms with Crippen LogP contribution in [0.5, 0.6) is 0 Å². The number of nitrogens with zero attached hydrogens (tertiary/aromatic N) is 1. The van der Waals surface area contributed by atoms with Crippen LogP contribution in [0.2, 0.25) is 0 Å². The summed E-state index contributed by atoms with van der Waals surface area (Å²) in [6, 6.07) is 14.6. The molecule has 1 amide bonds. The van der Waals surface area contributed by atoms with Crippen LogP contribution in [0.3, 0.4) is 0 Å². The Morgan fingerprint density at radius 1 is 1.13 bits per heavy atom. The molecule has 0 aliphatic carbocycles. The summed E-state index contributed by atoms with van der Waals surface area (Å²) < 4.78 is 26.2. The van der Waals surface area contributed by atoms with Gasteiger partial charge >= 0.3 is 0 Å². The molecule has 0 radical (unpaired) electrons. The molecule has 0 aliphatic heterocycles. The number of carbonyl (C=O) groups is 1. The summed E-state index contributed by atoms with van der Waals surface area (Å²) in [7, 11) is -3.79. The summed E-state index contributed by atoms with van der Waals surface area (Å²) in [6.07, 6.45) is 2.49. The first kappa shape index (κ1) is 17.2. The number of sulfonamides is 1. The van der Waals surface area contributed by atoms with Gasteiger partial charge in [-0.25, -0.2) is 13.9 Å². The summed E-state index contributed by atoms with van der Waals surface area (Å²) in [5, 5.41) is 8.44. The van der Waals surface area contributed by atoms with E-state index in [4.69, 9.17) is 5.21 Å². The number of nitrogens with one attached hydrogen (secondary N) is 1. The number of amides is 1. The highest BCUT2D eigenvalue weighted by Crippen LogP contribution is 2.27. The highest BCUT2D eigenvalue weighted by molar-refractivity contribution is 9.11. The van der Waals surface area contributed by atoms with Crippen LogP contribution in [0.1, 0.15) is 5.56 Å². The lowest BCUT2D eigenvalue weighted by Gasteiger charge is -2.16. The molecule has 23 heavy (non-hydrogen) atoms. The van der Waals surface area contributed by atoms with Gasteiger partial charge in [-0.3, -0.25) is 10.0 Å². The summed E-state index contributed by atoms with van der Waals surface area (Å²) in [4.78, 5) is 11.0. The highest BCUT2D eigenvalue weighted by atomic mass is 79.9. The molecule has 0 aromatic heterocycles. The average molecular weight is 397 g/mol. The van der Waals surface area contributed by atoms with Gasteiger partial charge in [-0.15, -0.1) is 0 Å². The molecule has 0 atom stereocenters. The lowest BCUT2D eigenvalue weighted by atomic mass is 10.2. The van der Waals surface area contributed by atoms with Crippen molar-refractivity contribution in [2.24, 2.45) is 0 Å². The molecule has 2 rings (SSSR count). The lowest BCUT2D eigenvalue weighted by Crippen LogP contribution is -2.20. The van der Waals surface area contributed by atoms with E-state index in [2.05, 4.69) is 16.1 Å². The lowest BCUT2D eigenvalue weighted by molar-refractivity contribution is -0.124. The average Bonchev–Trinajstić information content (AvgIpc) is 2.60. The van der Waals surface area contributed by atoms with E-state index in [1.165, 1.54) is 23.7 Å². The van der Waals surface area contributed by atoms with Gasteiger partial charge in [0.15, 0.2) is 0 Å². The zero-order chi connectivity index (χ0) is 16.9. The van der Waals surface area contributed by atoms with Gasteiger partial charge in [0.25, 0.3) is 15.9 Å². The van der Waals surface area contributed by atoms with E-state index in [0.717, 1.165) is 9.41 Å². The molecule has 2 N–H and O–H groups in total. The summed E-state index contributed by atoms with van der Waals surface area (Å²) >= 11 is 3.07. The van der Waals surface area contributed by atoms with Crippen molar-refractivity contribution in [2.75, 3.05) is 3.33 Å². The minimum Gasteiger partial charge on any atom is -0.288 e. The Bertz CT molecular complexity index is 822. The Kier molecular flexibility index (Phi) is 5.54. The number of anilines is 1. The van der Waals surface area contributed by atoms with Crippen LogP contribution in [0.15, 0.2) is 65.6 Å². The zero-order valence-corrected chi connectivity index (χ0v) is 14.2. The van der Waals surface area contributed by atoms with Crippen molar-refractivity contribution in [3.05, 3.63) is 66.2 Å². The number of carbonyl (C=O) groups excluding carboxylic acids is 1. The molecular weight excluding hydrogens is 384 g/mol. The van der Waals surface area contributed by atoms with Gasteiger partial charge in [-0.1, -0.05) is 30.3 Å². The molecule has 0 unspecified atom stereocenters. The summed E-state index contributed by atoms with van der Waals surface area (Å²) in [6.45, 7) is 0. The standard InChI is InChI=1S/C15H13BrN2O4S/c16-18(13-6-2-1-3-7-13)23(21,22)14-8-4-5-12(11-14)9-10-15(19)17-20/h1-11,20H,(H,17,19). The molecule has 2 aromatic carbocycles. The van der Waals surface area contributed by atoms with Crippen molar-refractivity contribution in [1.29, 1.82) is 0 Å². The highest BCUT2D eigenvalue weighted by Gasteiger charge is 2.22. The first-order valence-corrected chi connectivity index (χ1v) is 8.58. The molecule has 0 aliphatic rings. The minimum absolute atomic E-state index is 0.0600. The molecule has 8 heteroatoms. The second-order valence-electron chi connectivity index (χ2n) is 4.44. The number of rotatable bonds is 5. The van der Waals surface area contributed by atoms with Crippen LogP contribution >= 0.6 is 16.1 Å². The van der Waals surface area contributed by atoms with Crippen LogP contribution in [0.4, 0.5) is 5.69 Å². The topological polar surface area (TPSA) is 86.7 Å². The molecule has 0 spiro atoms. The molecular formula is C15H13BrN2O4S. The third kappa shape index (κ3) is 4.19. The summed E-state index contributed by atoms with van der Waals surface area (Å²) in [5.74, 6) is -0.704. The van der Waals surface area contributed by atoms with Crippen LogP contribution < -0.4 is 8.81 Å². The van der Waals surface area contributed by atoms with E-state index in [-0.39, 0.29) is 4.90 Å². The first-order valence-electron chi connectivity index (χ1n) is 6.43. The SMILES string of the molecule is O=C(C=Cc1cccc(S(=O)(=O)N(Br)c2ccccc2)c1)NO. The molecule has 2 aromatic rings. The van der Waals surface area contributed by atoms with Gasteiger partial charge in [-0.05, 0) is 35.9 Å². The molecule has 6 nitrogen and oxygen atoms in total. The second kappa shape index (κ2) is 7.40. The molecule has 0 saturated heterocycles. The van der Waals surface area contributed by atoms with Crippen LogP contribution in [-0.2, 0) is 14.8 Å². The Morgan fingerprint density at radius 2 is 1.83 bits per heavy atom. The van der Waals surface area contributed by atoms with Gasteiger partial charge in [0.2, 0.25) is 0 Å². The van der Waals surface area contributed by atoms with E-state index in [9.17, 15) is 13.2 Å². The minimum atomic E-state index is -3.79. The number of benzene rings is 2. The monoisotopic (exact) mass is 396 g/mol. The van der Waals surface area contributed by atoms with Gasteiger partial charge < -0.3 is 0 Å². The molecule has 0 heterocycles. The van der Waals surface area contributed by atoms with E-state index in [1.807, 2.05) is 0 Å². The maximum absolute atomic E-state index is 12.6. The fourth-order valence-corrected chi connectivity index (χ4v) is 3.62. The van der Waals surface area contributed by atoms with Crippen molar-refractivity contribution in [3.63, 3.8) is 0 Å². The first-order chi connectivity index (χ1) is 10.9. The van der Waals surface area contributed by atoms with E-state index >= 15 is 0 Å². The Labute approximate surface area is 142 Å². The van der Waals surface area contributed by atoms with Gasteiger partial charge in [-0.2, -0.15) is 3.33 Å². The summed E-state index contributed by atoms with van der Waals surface area (Å²) in [5.41, 5.74) is 2.43. The number of hydroxylamine groups is 1. The molecule has 120 valence electrons. The fourth-order valence-electron chi connectivity index (χ4n) is 1.76. The predicted octanol–water partition coefficient (Wildman–Crippen LogP) is 2.71. The molecule has 0 fully saturated rings. The van der Waals surface area contributed by atoms with Gasteiger partial charge in [0.1, 0.15) is 0 Å². The van der Waals surface area contributed by atoms with Crippen LogP contribution in [0.25, 0.3) is 6.08 Å². The predicted molar refractivity (Wildman–Crippen MR) is 90.4 cm³/mol. The van der Waals surface area contributed by atoms with Crippen LogP contribution in [0, 0.1) is 0 Å². The Balaban J connectivity index is 2.34. The van der Waals surface area contributed by atoms with E-state index in [1.54, 1.807) is 42.5 Å². The number of hydrogen-bond acceptors (Lipinski definition) is 4. The van der Waals surface area contributed by atoms with E-state index in [0.29, 0.717) is 11.3 Å². The molecule has 0 saturated carbocycles. The molecule has 0 bridgehead atoms. The third-order valence-corrected chi connectivity index (χ3v) is 5.90. The second-order valence-corrected chi connectivity index (χ2v) is 7.40. The quantitative estimate of drug-likeness (QED) is 0.352. The maximum Gasteiger partial charge on any atom is 0.273 e. The van der Waals surface area contributed by atoms with Crippen molar-refractivity contribution in [3.8, 4) is 0 Å². The van der Waals surface area contributed by atoms with Crippen molar-refractivity contribution >= 4 is 43.8 Å². The number of hydrogen-bond donors (Lipinski definition) is 2. The Morgan fingerprint density at radius 3 is 2.48 bits per heavy atom. The maximum atomic E-state index is 12.6. The fraction of sp³-hybridized carbons (Fsp3) is 0. The number of halogens is 1. The Hall–Kier alpha value is -2.16. The largest absolute Gasteiger partial charge is 0.288 e. The zero-order valence-electron chi connectivity index (χ0n) is 11.8. The number of para-hydroxylation sites is 1. The normalized spacial score (nSPS) is 11.4. The van der Waals surface area contributed by atoms with Crippen LogP contribution in [-0.4, -0.2) is 19.5 Å². The van der Waals surface area contributed by atoms with Crippen molar-refractivity contribution in [2.45, 2.75) is 4.90 Å². The third-order valence-electron chi connectivity index (χ3n) is 2.86. The van der Waals surface area contributed by atoms with E-state index < -0.39 is 15.9 Å². The van der Waals surface area contributed by atoms with Crippen molar-refractivity contribution < 1.29 is 18.4 Å². The van der Waals surface area contributed by atoms with Gasteiger partial charge in [0.05, 0.1) is 26.7 Å². The van der Waals surface area contributed by atoms with Crippen molar-refractivity contribution in [1.82, 2.24) is 5.48 Å². The smallest absolute Gasteiger partial charge is 0.273 e. The van der Waals surface area contributed by atoms with Gasteiger partial charge in [0, 0.05) is 6.08 Å².